The second-order valence-electron chi connectivity index (χ2n) is 5.63. The molecule has 0 saturated heterocycles. The summed E-state index contributed by atoms with van der Waals surface area (Å²) in [6.45, 7) is 5.66. The molecule has 136 valence electrons. The summed E-state index contributed by atoms with van der Waals surface area (Å²) in [6, 6.07) is 5.57. The predicted molar refractivity (Wildman–Crippen MR) is 97.4 cm³/mol. The highest BCUT2D eigenvalue weighted by molar-refractivity contribution is 7.80. The number of allylic oxidation sites excluding steroid dienone is 1. The molecule has 1 aliphatic rings. The Hall–Kier alpha value is -1.99. The van der Waals surface area contributed by atoms with E-state index in [1.165, 1.54) is 19.2 Å². The summed E-state index contributed by atoms with van der Waals surface area (Å²) in [5.41, 5.74) is 1.76. The van der Waals surface area contributed by atoms with E-state index in [4.69, 9.17) is 21.7 Å². The number of rotatable bonds is 7. The van der Waals surface area contributed by atoms with Crippen molar-refractivity contribution < 1.29 is 18.7 Å². The Bertz CT molecular complexity index is 678. The van der Waals surface area contributed by atoms with E-state index in [-0.39, 0.29) is 5.82 Å². The van der Waals surface area contributed by atoms with Crippen LogP contribution in [-0.4, -0.2) is 42.8 Å². The van der Waals surface area contributed by atoms with Crippen LogP contribution in [0.25, 0.3) is 0 Å². The van der Waals surface area contributed by atoms with Crippen molar-refractivity contribution in [3.05, 3.63) is 46.9 Å². The standard InChI is InChI=1S/C18H23FN2O3S/c1-4-24-10-6-9-21-12(2)15(17(22)23-3)16(20-18(21)25)13-7-5-8-14(19)11-13/h5,7-8,11,16H,4,6,9-10H2,1-3H3,(H,20,25)/t16-/m1/s1. The van der Waals surface area contributed by atoms with E-state index < -0.39 is 12.0 Å². The highest BCUT2D eigenvalue weighted by Crippen LogP contribution is 2.31. The first-order chi connectivity index (χ1) is 12.0. The molecule has 0 amide bonds. The summed E-state index contributed by atoms with van der Waals surface area (Å²) in [5, 5.41) is 3.63. The lowest BCUT2D eigenvalue weighted by Crippen LogP contribution is -2.48. The zero-order valence-corrected chi connectivity index (χ0v) is 15.5. The fraction of sp³-hybridized carbons (Fsp3) is 0.444. The SMILES string of the molecule is CCOCCCN1C(=S)N[C@H](c2cccc(F)c2)C(C(=O)OC)=C1C. The summed E-state index contributed by atoms with van der Waals surface area (Å²) >= 11 is 5.46. The van der Waals surface area contributed by atoms with Crippen LogP contribution in [0.4, 0.5) is 4.39 Å². The van der Waals surface area contributed by atoms with E-state index >= 15 is 0 Å². The van der Waals surface area contributed by atoms with E-state index in [2.05, 4.69) is 5.32 Å². The molecule has 1 aromatic rings. The summed E-state index contributed by atoms with van der Waals surface area (Å²) in [5.74, 6) is -0.831. The van der Waals surface area contributed by atoms with Gasteiger partial charge in [0.05, 0.1) is 18.7 Å². The van der Waals surface area contributed by atoms with E-state index in [0.29, 0.717) is 41.7 Å². The first kappa shape index (κ1) is 19.3. The molecule has 25 heavy (non-hydrogen) atoms. The quantitative estimate of drug-likeness (QED) is 0.455. The number of nitrogens with zero attached hydrogens (tertiary/aromatic N) is 1. The van der Waals surface area contributed by atoms with Crippen LogP contribution in [-0.2, 0) is 14.3 Å². The Labute approximate surface area is 152 Å². The van der Waals surface area contributed by atoms with Gasteiger partial charge in [-0.15, -0.1) is 0 Å². The molecule has 0 spiro atoms. The van der Waals surface area contributed by atoms with Gasteiger partial charge in [-0.1, -0.05) is 12.1 Å². The third-order valence-electron chi connectivity index (χ3n) is 4.06. The predicted octanol–water partition coefficient (Wildman–Crippen LogP) is 2.93. The van der Waals surface area contributed by atoms with Crippen LogP contribution in [0.3, 0.4) is 0 Å². The number of benzene rings is 1. The van der Waals surface area contributed by atoms with Crippen LogP contribution < -0.4 is 5.32 Å². The van der Waals surface area contributed by atoms with Crippen LogP contribution in [0.2, 0.25) is 0 Å². The van der Waals surface area contributed by atoms with Crippen LogP contribution >= 0.6 is 12.2 Å². The van der Waals surface area contributed by atoms with Gasteiger partial charge in [-0.25, -0.2) is 9.18 Å². The second-order valence-corrected chi connectivity index (χ2v) is 6.02. The molecule has 5 nitrogen and oxygen atoms in total. The maximum Gasteiger partial charge on any atom is 0.337 e. The molecule has 0 aromatic heterocycles. The molecule has 1 N–H and O–H groups in total. The number of carbonyl (C=O) groups is 1. The molecule has 1 aromatic carbocycles. The molecule has 0 fully saturated rings. The molecule has 0 bridgehead atoms. The Morgan fingerprint density at radius 2 is 2.20 bits per heavy atom. The normalized spacial score (nSPS) is 17.5. The van der Waals surface area contributed by atoms with Crippen LogP contribution in [0.1, 0.15) is 31.9 Å². The Morgan fingerprint density at radius 1 is 1.44 bits per heavy atom. The maximum absolute atomic E-state index is 13.6. The van der Waals surface area contributed by atoms with E-state index in [0.717, 1.165) is 6.42 Å². The molecule has 1 atom stereocenters. The van der Waals surface area contributed by atoms with Gasteiger partial charge >= 0.3 is 5.97 Å². The van der Waals surface area contributed by atoms with Gasteiger partial charge in [0.2, 0.25) is 0 Å². The van der Waals surface area contributed by atoms with Gasteiger partial charge in [-0.3, -0.25) is 0 Å². The van der Waals surface area contributed by atoms with Crippen molar-refractivity contribution in [1.82, 2.24) is 10.2 Å². The maximum atomic E-state index is 13.6. The molecule has 0 aliphatic carbocycles. The lowest BCUT2D eigenvalue weighted by atomic mass is 9.95. The third-order valence-corrected chi connectivity index (χ3v) is 4.40. The summed E-state index contributed by atoms with van der Waals surface area (Å²) in [6.07, 6.45) is 0.770. The molecule has 1 heterocycles. The zero-order chi connectivity index (χ0) is 18.4. The average Bonchev–Trinajstić information content (AvgIpc) is 2.60. The van der Waals surface area contributed by atoms with Crippen molar-refractivity contribution in [3.63, 3.8) is 0 Å². The topological polar surface area (TPSA) is 50.8 Å². The smallest absolute Gasteiger partial charge is 0.337 e. The van der Waals surface area contributed by atoms with Crippen LogP contribution in [0.15, 0.2) is 35.5 Å². The highest BCUT2D eigenvalue weighted by Gasteiger charge is 2.34. The van der Waals surface area contributed by atoms with Crippen molar-refractivity contribution in [2.24, 2.45) is 0 Å². The Kier molecular flexibility index (Phi) is 6.90. The van der Waals surface area contributed by atoms with E-state index in [1.54, 1.807) is 12.1 Å². The molecule has 1 aliphatic heterocycles. The number of esters is 1. The molecule has 0 radical (unpaired) electrons. The monoisotopic (exact) mass is 366 g/mol. The summed E-state index contributed by atoms with van der Waals surface area (Å²) < 4.78 is 23.9. The van der Waals surface area contributed by atoms with Gasteiger partial charge in [0.15, 0.2) is 5.11 Å². The molecule has 0 saturated carbocycles. The van der Waals surface area contributed by atoms with Gasteiger partial charge < -0.3 is 19.7 Å². The minimum absolute atomic E-state index is 0.369. The number of methoxy groups -OCH3 is 1. The van der Waals surface area contributed by atoms with Crippen molar-refractivity contribution in [3.8, 4) is 0 Å². The molecular formula is C18H23FN2O3S. The number of thiocarbonyl (C=S) groups is 1. The second kappa shape index (κ2) is 8.92. The van der Waals surface area contributed by atoms with Gasteiger partial charge in [0.1, 0.15) is 5.82 Å². The number of carbonyl (C=O) groups excluding carboxylic acids is 1. The fourth-order valence-electron chi connectivity index (χ4n) is 2.83. The first-order valence-electron chi connectivity index (χ1n) is 8.19. The van der Waals surface area contributed by atoms with E-state index in [9.17, 15) is 9.18 Å². The van der Waals surface area contributed by atoms with Crippen LogP contribution in [0.5, 0.6) is 0 Å². The lowest BCUT2D eigenvalue weighted by molar-refractivity contribution is -0.136. The molecular weight excluding hydrogens is 343 g/mol. The third kappa shape index (κ3) is 4.55. The van der Waals surface area contributed by atoms with Crippen molar-refractivity contribution in [2.75, 3.05) is 26.9 Å². The highest BCUT2D eigenvalue weighted by atomic mass is 32.1. The number of hydrogen-bond acceptors (Lipinski definition) is 4. The minimum Gasteiger partial charge on any atom is -0.466 e. The summed E-state index contributed by atoms with van der Waals surface area (Å²) in [4.78, 5) is 14.2. The largest absolute Gasteiger partial charge is 0.466 e. The van der Waals surface area contributed by atoms with Gasteiger partial charge in [0.25, 0.3) is 0 Å². The first-order valence-corrected chi connectivity index (χ1v) is 8.60. The van der Waals surface area contributed by atoms with Crippen molar-refractivity contribution in [2.45, 2.75) is 26.3 Å². The van der Waals surface area contributed by atoms with E-state index in [1.807, 2.05) is 18.7 Å². The Balaban J connectivity index is 2.34. The lowest BCUT2D eigenvalue weighted by Gasteiger charge is -2.37. The van der Waals surface area contributed by atoms with Gasteiger partial charge in [0, 0.05) is 25.5 Å². The van der Waals surface area contributed by atoms with Crippen molar-refractivity contribution >= 4 is 23.3 Å². The average molecular weight is 366 g/mol. The van der Waals surface area contributed by atoms with Crippen molar-refractivity contribution in [1.29, 1.82) is 0 Å². The molecule has 2 rings (SSSR count). The number of ether oxygens (including phenoxy) is 2. The zero-order valence-electron chi connectivity index (χ0n) is 14.7. The fourth-order valence-corrected chi connectivity index (χ4v) is 3.18. The van der Waals surface area contributed by atoms with Gasteiger partial charge in [-0.2, -0.15) is 0 Å². The van der Waals surface area contributed by atoms with Gasteiger partial charge in [-0.05, 0) is 50.2 Å². The van der Waals surface area contributed by atoms with Crippen LogP contribution in [0, 0.1) is 5.82 Å². The minimum atomic E-state index is -0.543. The number of halogens is 1. The number of nitrogens with one attached hydrogen (secondary N) is 1. The number of hydrogen-bond donors (Lipinski definition) is 1. The molecule has 7 heteroatoms. The Morgan fingerprint density at radius 3 is 2.84 bits per heavy atom. The summed E-state index contributed by atoms with van der Waals surface area (Å²) in [7, 11) is 1.33. The molecule has 0 unspecified atom stereocenters.